The van der Waals surface area contributed by atoms with Crippen molar-refractivity contribution in [1.82, 2.24) is 9.97 Å². The van der Waals surface area contributed by atoms with Crippen LogP contribution in [0.15, 0.2) is 40.7 Å². The van der Waals surface area contributed by atoms with Crippen LogP contribution in [0.3, 0.4) is 0 Å². The summed E-state index contributed by atoms with van der Waals surface area (Å²) >= 11 is 5.81. The minimum absolute atomic E-state index is 0.00679. The number of halogens is 3. The number of nitrogens with zero attached hydrogens (tertiary/aromatic N) is 4. The minimum Gasteiger partial charge on any atom is -0.457 e. The molecule has 0 amide bonds. The van der Waals surface area contributed by atoms with Crippen LogP contribution in [0.2, 0.25) is 5.02 Å². The van der Waals surface area contributed by atoms with Gasteiger partial charge >= 0.3 is 6.01 Å². The van der Waals surface area contributed by atoms with Gasteiger partial charge in [-0.3, -0.25) is 4.99 Å². The third-order valence-electron chi connectivity index (χ3n) is 4.00. The fraction of sp³-hybridized carbons (Fsp3) is 0.333. The molecular formula is C18H18ClF2N5O. The van der Waals surface area contributed by atoms with Crippen molar-refractivity contribution in [3.63, 3.8) is 0 Å². The maximum Gasteiger partial charge on any atom is 0.316 e. The van der Waals surface area contributed by atoms with Gasteiger partial charge in [0.15, 0.2) is 0 Å². The predicted molar refractivity (Wildman–Crippen MR) is 100 cm³/mol. The van der Waals surface area contributed by atoms with Gasteiger partial charge in [-0.25, -0.2) is 18.7 Å². The Balaban J connectivity index is 1.62. The van der Waals surface area contributed by atoms with Gasteiger partial charge in [0.25, 0.3) is 5.92 Å². The molecule has 0 aliphatic heterocycles. The lowest BCUT2D eigenvalue weighted by atomic mass is 10.1. The number of rotatable bonds is 7. The van der Waals surface area contributed by atoms with Crippen molar-refractivity contribution in [1.29, 1.82) is 0 Å². The first-order chi connectivity index (χ1) is 12.9. The summed E-state index contributed by atoms with van der Waals surface area (Å²) in [5.41, 5.74) is 1.39. The van der Waals surface area contributed by atoms with Crippen molar-refractivity contribution >= 4 is 29.2 Å². The van der Waals surface area contributed by atoms with E-state index in [1.54, 1.807) is 12.4 Å². The fourth-order valence-corrected chi connectivity index (χ4v) is 2.64. The molecule has 1 aromatic carbocycles. The van der Waals surface area contributed by atoms with Crippen molar-refractivity contribution < 1.29 is 13.5 Å². The van der Waals surface area contributed by atoms with Gasteiger partial charge < -0.3 is 10.6 Å². The topological polar surface area (TPSA) is 85.8 Å². The van der Waals surface area contributed by atoms with Crippen molar-refractivity contribution in [3.05, 3.63) is 46.7 Å². The monoisotopic (exact) mass is 393 g/mol. The molecule has 0 radical (unpaired) electrons. The van der Waals surface area contributed by atoms with E-state index in [1.165, 1.54) is 37.3 Å². The quantitative estimate of drug-likeness (QED) is 0.433. The highest BCUT2D eigenvalue weighted by Gasteiger charge is 2.27. The van der Waals surface area contributed by atoms with Gasteiger partial charge in [0.05, 0.1) is 11.9 Å². The smallest absolute Gasteiger partial charge is 0.316 e. The zero-order valence-electron chi connectivity index (χ0n) is 14.6. The lowest BCUT2D eigenvalue weighted by molar-refractivity contribution is 0.0176. The van der Waals surface area contributed by atoms with E-state index < -0.39 is 5.92 Å². The molecule has 6 nitrogen and oxygen atoms in total. The number of benzene rings is 1. The molecule has 142 valence electrons. The van der Waals surface area contributed by atoms with E-state index in [-0.39, 0.29) is 23.2 Å². The molecule has 0 spiro atoms. The molecular weight excluding hydrogens is 376 g/mol. The Morgan fingerprint density at radius 3 is 2.67 bits per heavy atom. The van der Waals surface area contributed by atoms with E-state index in [4.69, 9.17) is 22.2 Å². The Morgan fingerprint density at radius 1 is 1.37 bits per heavy atom. The molecule has 2 N–H and O–H groups in total. The van der Waals surface area contributed by atoms with Gasteiger partial charge in [-0.1, -0.05) is 11.6 Å². The molecule has 27 heavy (non-hydrogen) atoms. The standard InChI is InChI=1S/C18H18ClF2N5O/c1-18(20,21)15-6-13(4-5-16(15)19)23-9-14(26-22)10-27-17-24-7-12(8-25-17)11-2-3-11/h4-9,11H,2-3,10,22H2,1H3. The van der Waals surface area contributed by atoms with Crippen molar-refractivity contribution in [2.75, 3.05) is 6.61 Å². The molecule has 9 heteroatoms. The van der Waals surface area contributed by atoms with Crippen molar-refractivity contribution in [2.24, 2.45) is 15.9 Å². The predicted octanol–water partition coefficient (Wildman–Crippen LogP) is 4.22. The van der Waals surface area contributed by atoms with Gasteiger partial charge in [-0.05, 0) is 42.5 Å². The van der Waals surface area contributed by atoms with E-state index in [1.807, 2.05) is 0 Å². The maximum absolute atomic E-state index is 13.5. The van der Waals surface area contributed by atoms with Crippen LogP contribution in [0, 0.1) is 0 Å². The number of aromatic nitrogens is 2. The van der Waals surface area contributed by atoms with Crippen LogP contribution < -0.4 is 10.6 Å². The number of alkyl halides is 2. The highest BCUT2D eigenvalue weighted by atomic mass is 35.5. The molecule has 1 aromatic heterocycles. The average molecular weight is 394 g/mol. The highest BCUT2D eigenvalue weighted by molar-refractivity contribution is 6.32. The molecule has 0 atom stereocenters. The number of hydrogen-bond donors (Lipinski definition) is 1. The average Bonchev–Trinajstić information content (AvgIpc) is 3.48. The molecule has 0 saturated heterocycles. The van der Waals surface area contributed by atoms with Gasteiger partial charge in [0.2, 0.25) is 0 Å². The summed E-state index contributed by atoms with van der Waals surface area (Å²) in [7, 11) is 0. The summed E-state index contributed by atoms with van der Waals surface area (Å²) < 4.78 is 32.5. The molecule has 1 heterocycles. The van der Waals surface area contributed by atoms with Crippen LogP contribution >= 0.6 is 11.6 Å². The molecule has 1 saturated carbocycles. The van der Waals surface area contributed by atoms with Crippen LogP contribution in [0.25, 0.3) is 0 Å². The number of nitrogens with two attached hydrogens (primary N) is 1. The van der Waals surface area contributed by atoms with Gasteiger partial charge in [0, 0.05) is 29.9 Å². The van der Waals surface area contributed by atoms with E-state index in [2.05, 4.69) is 20.1 Å². The van der Waals surface area contributed by atoms with Gasteiger partial charge in [0.1, 0.15) is 12.3 Å². The summed E-state index contributed by atoms with van der Waals surface area (Å²) in [5.74, 6) is 2.82. The Kier molecular flexibility index (Phi) is 5.65. The first kappa shape index (κ1) is 19.2. The summed E-state index contributed by atoms with van der Waals surface area (Å²) in [6, 6.07) is 4.30. The van der Waals surface area contributed by atoms with Crippen LogP contribution in [0.5, 0.6) is 6.01 Å². The Hall–Kier alpha value is -2.61. The Bertz CT molecular complexity index is 861. The van der Waals surface area contributed by atoms with Crippen molar-refractivity contribution in [2.45, 2.75) is 31.6 Å². The van der Waals surface area contributed by atoms with Crippen LogP contribution in [-0.4, -0.2) is 28.5 Å². The van der Waals surface area contributed by atoms with E-state index in [0.29, 0.717) is 17.3 Å². The van der Waals surface area contributed by atoms with Crippen LogP contribution in [0.4, 0.5) is 14.5 Å². The summed E-state index contributed by atoms with van der Waals surface area (Å²) in [6.07, 6.45) is 7.15. The summed E-state index contributed by atoms with van der Waals surface area (Å²) in [6.45, 7) is 0.768. The van der Waals surface area contributed by atoms with Crippen LogP contribution in [0.1, 0.15) is 36.8 Å². The third-order valence-corrected chi connectivity index (χ3v) is 4.33. The summed E-state index contributed by atoms with van der Waals surface area (Å²) in [4.78, 5) is 12.4. The van der Waals surface area contributed by atoms with Gasteiger partial charge in [-0.2, -0.15) is 5.10 Å². The van der Waals surface area contributed by atoms with E-state index in [9.17, 15) is 8.78 Å². The maximum atomic E-state index is 13.5. The molecule has 1 aliphatic carbocycles. The molecule has 0 bridgehead atoms. The second kappa shape index (κ2) is 7.96. The molecule has 2 aromatic rings. The molecule has 0 unspecified atom stereocenters. The lowest BCUT2D eigenvalue weighted by Crippen LogP contribution is -2.16. The first-order valence-corrected chi connectivity index (χ1v) is 8.68. The van der Waals surface area contributed by atoms with Crippen molar-refractivity contribution in [3.8, 4) is 6.01 Å². The zero-order chi connectivity index (χ0) is 19.4. The highest BCUT2D eigenvalue weighted by Crippen LogP contribution is 2.39. The number of ether oxygens (including phenoxy) is 1. The minimum atomic E-state index is -3.07. The number of hydrazone groups is 1. The Labute approximate surface area is 160 Å². The van der Waals surface area contributed by atoms with Crippen LogP contribution in [-0.2, 0) is 5.92 Å². The normalized spacial score (nSPS) is 15.3. The Morgan fingerprint density at radius 2 is 2.07 bits per heavy atom. The summed E-state index contributed by atoms with van der Waals surface area (Å²) in [5, 5.41) is 3.55. The van der Waals surface area contributed by atoms with Gasteiger partial charge in [-0.15, -0.1) is 0 Å². The van der Waals surface area contributed by atoms with E-state index in [0.717, 1.165) is 12.5 Å². The fourth-order valence-electron chi connectivity index (χ4n) is 2.35. The zero-order valence-corrected chi connectivity index (χ0v) is 15.3. The molecule has 1 aliphatic rings. The molecule has 1 fully saturated rings. The molecule has 3 rings (SSSR count). The number of hydrogen-bond acceptors (Lipinski definition) is 6. The largest absolute Gasteiger partial charge is 0.457 e. The SMILES string of the molecule is CC(F)(F)c1cc(N=CC(COc2ncc(C3CC3)cn2)=NN)ccc1Cl. The third kappa shape index (κ3) is 5.19. The first-order valence-electron chi connectivity index (χ1n) is 8.30. The van der Waals surface area contributed by atoms with E-state index >= 15 is 0 Å². The lowest BCUT2D eigenvalue weighted by Gasteiger charge is -2.12. The second-order valence-electron chi connectivity index (χ2n) is 6.29. The number of aliphatic imine (C=N–C) groups is 1. The second-order valence-corrected chi connectivity index (χ2v) is 6.70.